The summed E-state index contributed by atoms with van der Waals surface area (Å²) in [5, 5.41) is 3.97. The zero-order valence-corrected chi connectivity index (χ0v) is 13.9. The van der Waals surface area contributed by atoms with Gasteiger partial charge in [-0.3, -0.25) is 9.78 Å². The summed E-state index contributed by atoms with van der Waals surface area (Å²) in [4.78, 5) is 17.0. The maximum absolute atomic E-state index is 12.4. The van der Waals surface area contributed by atoms with Crippen molar-refractivity contribution in [1.82, 2.24) is 4.98 Å². The van der Waals surface area contributed by atoms with Crippen molar-refractivity contribution in [2.75, 3.05) is 5.32 Å². The minimum atomic E-state index is -0.122. The van der Waals surface area contributed by atoms with Gasteiger partial charge in [0, 0.05) is 21.1 Å². The van der Waals surface area contributed by atoms with Crippen molar-refractivity contribution in [2.24, 2.45) is 0 Å². The summed E-state index contributed by atoms with van der Waals surface area (Å²) in [5.41, 5.74) is 4.31. The first-order valence-corrected chi connectivity index (χ1v) is 7.78. The van der Waals surface area contributed by atoms with E-state index in [1.165, 1.54) is 0 Å². The number of hydrogen-bond donors (Lipinski definition) is 1. The molecule has 0 spiro atoms. The zero-order chi connectivity index (χ0) is 15.7. The Labute approximate surface area is 137 Å². The number of pyridine rings is 1. The molecule has 0 bridgehead atoms. The molecule has 3 rings (SSSR count). The lowest BCUT2D eigenvalue weighted by Crippen LogP contribution is -2.13. The van der Waals surface area contributed by atoms with Crippen molar-refractivity contribution in [3.63, 3.8) is 0 Å². The number of fused-ring (bicyclic) bond motifs is 1. The van der Waals surface area contributed by atoms with Gasteiger partial charge >= 0.3 is 0 Å². The highest BCUT2D eigenvalue weighted by Gasteiger charge is 2.11. The lowest BCUT2D eigenvalue weighted by molar-refractivity contribution is 0.102. The standard InChI is InChI=1S/C18H15BrN2O/c1-11-3-10-16-15(9-4-12(2)20-16)17(11)21-18(22)13-5-7-14(19)8-6-13/h3-10H,1-2H3,(H,21,22). The van der Waals surface area contributed by atoms with Crippen LogP contribution in [0.2, 0.25) is 0 Å². The van der Waals surface area contributed by atoms with Gasteiger partial charge in [-0.25, -0.2) is 0 Å². The van der Waals surface area contributed by atoms with Crippen LogP contribution in [0.3, 0.4) is 0 Å². The average Bonchev–Trinajstić information content (AvgIpc) is 2.50. The van der Waals surface area contributed by atoms with Crippen LogP contribution in [0.5, 0.6) is 0 Å². The van der Waals surface area contributed by atoms with Crippen molar-refractivity contribution in [3.05, 3.63) is 69.8 Å². The van der Waals surface area contributed by atoms with Gasteiger partial charge in [-0.1, -0.05) is 22.0 Å². The van der Waals surface area contributed by atoms with Crippen molar-refractivity contribution in [1.29, 1.82) is 0 Å². The monoisotopic (exact) mass is 354 g/mol. The highest BCUT2D eigenvalue weighted by atomic mass is 79.9. The Hall–Kier alpha value is -2.20. The first-order chi connectivity index (χ1) is 10.5. The molecular formula is C18H15BrN2O. The number of carbonyl (C=O) groups excluding carboxylic acids is 1. The van der Waals surface area contributed by atoms with Crippen molar-refractivity contribution in [2.45, 2.75) is 13.8 Å². The van der Waals surface area contributed by atoms with Gasteiger partial charge in [0.05, 0.1) is 11.2 Å². The summed E-state index contributed by atoms with van der Waals surface area (Å²) in [6, 6.07) is 15.2. The molecule has 3 nitrogen and oxygen atoms in total. The maximum Gasteiger partial charge on any atom is 0.255 e. The average molecular weight is 355 g/mol. The number of rotatable bonds is 2. The van der Waals surface area contributed by atoms with Crippen LogP contribution in [0.4, 0.5) is 5.69 Å². The highest BCUT2D eigenvalue weighted by Crippen LogP contribution is 2.27. The molecule has 0 atom stereocenters. The lowest BCUT2D eigenvalue weighted by atomic mass is 10.1. The van der Waals surface area contributed by atoms with E-state index in [1.54, 1.807) is 12.1 Å². The lowest BCUT2D eigenvalue weighted by Gasteiger charge is -2.12. The van der Waals surface area contributed by atoms with Crippen LogP contribution < -0.4 is 5.32 Å². The van der Waals surface area contributed by atoms with Crippen molar-refractivity contribution < 1.29 is 4.79 Å². The quantitative estimate of drug-likeness (QED) is 0.713. The Morgan fingerprint density at radius 3 is 2.45 bits per heavy atom. The second-order valence-corrected chi connectivity index (χ2v) is 6.15. The van der Waals surface area contributed by atoms with Gasteiger partial charge in [0.25, 0.3) is 5.91 Å². The molecule has 4 heteroatoms. The third-order valence-corrected chi connectivity index (χ3v) is 4.09. The minimum absolute atomic E-state index is 0.122. The Kier molecular flexibility index (Phi) is 3.94. The van der Waals surface area contributed by atoms with E-state index in [0.717, 1.165) is 32.3 Å². The van der Waals surface area contributed by atoms with Gasteiger partial charge < -0.3 is 5.32 Å². The predicted molar refractivity (Wildman–Crippen MR) is 93.3 cm³/mol. The summed E-state index contributed by atoms with van der Waals surface area (Å²) < 4.78 is 0.949. The number of aryl methyl sites for hydroxylation is 2. The van der Waals surface area contributed by atoms with E-state index in [1.807, 2.05) is 50.2 Å². The third kappa shape index (κ3) is 2.88. The summed E-state index contributed by atoms with van der Waals surface area (Å²) in [6.45, 7) is 3.94. The van der Waals surface area contributed by atoms with Crippen LogP contribution in [0.15, 0.2) is 53.0 Å². The molecule has 0 unspecified atom stereocenters. The summed E-state index contributed by atoms with van der Waals surface area (Å²) >= 11 is 3.37. The van der Waals surface area contributed by atoms with Gasteiger partial charge in [0.1, 0.15) is 0 Å². The van der Waals surface area contributed by atoms with Gasteiger partial charge in [-0.15, -0.1) is 0 Å². The molecular weight excluding hydrogens is 340 g/mol. The molecule has 22 heavy (non-hydrogen) atoms. The zero-order valence-electron chi connectivity index (χ0n) is 12.4. The van der Waals surface area contributed by atoms with Crippen LogP contribution in [-0.2, 0) is 0 Å². The smallest absolute Gasteiger partial charge is 0.255 e. The number of anilines is 1. The fourth-order valence-electron chi connectivity index (χ4n) is 2.37. The fraction of sp³-hybridized carbons (Fsp3) is 0.111. The van der Waals surface area contributed by atoms with Gasteiger partial charge in [0.15, 0.2) is 0 Å². The van der Waals surface area contributed by atoms with Crippen LogP contribution >= 0.6 is 15.9 Å². The first kappa shape index (κ1) is 14.7. The predicted octanol–water partition coefficient (Wildman–Crippen LogP) is 4.87. The Bertz CT molecular complexity index is 857. The summed E-state index contributed by atoms with van der Waals surface area (Å²) in [7, 11) is 0. The number of nitrogens with one attached hydrogen (secondary N) is 1. The molecule has 0 radical (unpaired) electrons. The second kappa shape index (κ2) is 5.89. The molecule has 3 aromatic rings. The van der Waals surface area contributed by atoms with Crippen LogP contribution in [0.1, 0.15) is 21.6 Å². The number of aromatic nitrogens is 1. The third-order valence-electron chi connectivity index (χ3n) is 3.56. The Morgan fingerprint density at radius 2 is 1.73 bits per heavy atom. The number of nitrogens with zero attached hydrogens (tertiary/aromatic N) is 1. The summed E-state index contributed by atoms with van der Waals surface area (Å²) in [6.07, 6.45) is 0. The first-order valence-electron chi connectivity index (χ1n) is 6.98. The van der Waals surface area contributed by atoms with E-state index in [9.17, 15) is 4.79 Å². The minimum Gasteiger partial charge on any atom is -0.321 e. The molecule has 0 aliphatic heterocycles. The molecule has 1 amide bonds. The molecule has 110 valence electrons. The molecule has 2 aromatic carbocycles. The van der Waals surface area contributed by atoms with E-state index < -0.39 is 0 Å². The normalized spacial score (nSPS) is 10.7. The van der Waals surface area contributed by atoms with E-state index in [4.69, 9.17) is 0 Å². The number of halogens is 1. The van der Waals surface area contributed by atoms with Gasteiger partial charge in [0.2, 0.25) is 0 Å². The highest BCUT2D eigenvalue weighted by molar-refractivity contribution is 9.10. The molecule has 0 aliphatic carbocycles. The van der Waals surface area contributed by atoms with Gasteiger partial charge in [-0.05, 0) is 61.9 Å². The Balaban J connectivity index is 2.01. The van der Waals surface area contributed by atoms with Gasteiger partial charge in [-0.2, -0.15) is 0 Å². The number of hydrogen-bond acceptors (Lipinski definition) is 2. The topological polar surface area (TPSA) is 42.0 Å². The molecule has 1 N–H and O–H groups in total. The van der Waals surface area contributed by atoms with Crippen molar-refractivity contribution >= 4 is 38.4 Å². The number of amides is 1. The molecule has 0 fully saturated rings. The van der Waals surface area contributed by atoms with E-state index in [2.05, 4.69) is 26.2 Å². The molecule has 0 aliphatic rings. The molecule has 1 heterocycles. The second-order valence-electron chi connectivity index (χ2n) is 5.24. The van der Waals surface area contributed by atoms with Crippen LogP contribution in [-0.4, -0.2) is 10.9 Å². The SMILES string of the molecule is Cc1ccc2c(NC(=O)c3ccc(Br)cc3)c(C)ccc2n1. The number of carbonyl (C=O) groups is 1. The van der Waals surface area contributed by atoms with E-state index in [0.29, 0.717) is 5.56 Å². The van der Waals surface area contributed by atoms with E-state index >= 15 is 0 Å². The largest absolute Gasteiger partial charge is 0.321 e. The van der Waals surface area contributed by atoms with Crippen LogP contribution in [0, 0.1) is 13.8 Å². The van der Waals surface area contributed by atoms with E-state index in [-0.39, 0.29) is 5.91 Å². The number of benzene rings is 2. The Morgan fingerprint density at radius 1 is 1.00 bits per heavy atom. The molecule has 0 saturated carbocycles. The fourth-order valence-corrected chi connectivity index (χ4v) is 2.63. The maximum atomic E-state index is 12.4. The van der Waals surface area contributed by atoms with Crippen molar-refractivity contribution in [3.8, 4) is 0 Å². The summed E-state index contributed by atoms with van der Waals surface area (Å²) in [5.74, 6) is -0.122. The molecule has 0 saturated heterocycles. The molecule has 1 aromatic heterocycles. The van der Waals surface area contributed by atoms with Crippen LogP contribution in [0.25, 0.3) is 10.9 Å².